The molecular weight excluding hydrogens is 382 g/mol. The standard InChI is InChI=1S/C23H27N3O2S/c1-5-18(19-9-7-6-8-10-19)14-24-21(27)17(4)29-23-26-25-22(28-23)20-12-11-15(2)16(3)13-20/h6-13,17-18H,5,14H2,1-4H3,(H,24,27)/t17-,18-/m1/s1. The number of aromatic nitrogens is 2. The summed E-state index contributed by atoms with van der Waals surface area (Å²) in [5.74, 6) is 0.741. The van der Waals surface area contributed by atoms with Gasteiger partial charge in [0, 0.05) is 18.0 Å². The highest BCUT2D eigenvalue weighted by molar-refractivity contribution is 8.00. The van der Waals surface area contributed by atoms with Gasteiger partial charge >= 0.3 is 0 Å². The molecule has 0 spiro atoms. The Kier molecular flexibility index (Phi) is 7.09. The Balaban J connectivity index is 1.57. The lowest BCUT2D eigenvalue weighted by molar-refractivity contribution is -0.120. The van der Waals surface area contributed by atoms with Gasteiger partial charge in [-0.1, -0.05) is 55.1 Å². The van der Waals surface area contributed by atoms with E-state index in [2.05, 4.69) is 48.4 Å². The molecule has 0 aliphatic rings. The van der Waals surface area contributed by atoms with Gasteiger partial charge in [0.2, 0.25) is 11.8 Å². The normalized spacial score (nSPS) is 13.1. The molecule has 2 atom stereocenters. The van der Waals surface area contributed by atoms with E-state index < -0.39 is 0 Å². The van der Waals surface area contributed by atoms with Crippen molar-refractivity contribution in [3.8, 4) is 11.5 Å². The van der Waals surface area contributed by atoms with Crippen LogP contribution in [-0.4, -0.2) is 27.9 Å². The molecule has 0 bridgehead atoms. The number of carbonyl (C=O) groups is 1. The van der Waals surface area contributed by atoms with E-state index in [9.17, 15) is 4.79 Å². The Morgan fingerprint density at radius 2 is 1.86 bits per heavy atom. The fraction of sp³-hybridized carbons (Fsp3) is 0.348. The fourth-order valence-corrected chi connectivity index (χ4v) is 3.75. The number of carbonyl (C=O) groups excluding carboxylic acids is 1. The molecule has 2 aromatic carbocycles. The van der Waals surface area contributed by atoms with Crippen LogP contribution in [0, 0.1) is 13.8 Å². The summed E-state index contributed by atoms with van der Waals surface area (Å²) in [4.78, 5) is 12.5. The van der Waals surface area contributed by atoms with Crippen molar-refractivity contribution >= 4 is 17.7 Å². The van der Waals surface area contributed by atoms with Gasteiger partial charge in [-0.2, -0.15) is 0 Å². The van der Waals surface area contributed by atoms with Gasteiger partial charge in [0.25, 0.3) is 5.22 Å². The van der Waals surface area contributed by atoms with E-state index in [4.69, 9.17) is 4.42 Å². The molecule has 3 rings (SSSR count). The monoisotopic (exact) mass is 409 g/mol. The highest BCUT2D eigenvalue weighted by Gasteiger charge is 2.20. The summed E-state index contributed by atoms with van der Waals surface area (Å²) < 4.78 is 5.76. The van der Waals surface area contributed by atoms with Crippen LogP contribution in [0.25, 0.3) is 11.5 Å². The van der Waals surface area contributed by atoms with Crippen molar-refractivity contribution in [2.24, 2.45) is 0 Å². The maximum atomic E-state index is 12.5. The first-order chi connectivity index (χ1) is 14.0. The van der Waals surface area contributed by atoms with E-state index in [-0.39, 0.29) is 11.2 Å². The Morgan fingerprint density at radius 3 is 2.55 bits per heavy atom. The van der Waals surface area contributed by atoms with Gasteiger partial charge in [0.1, 0.15) is 0 Å². The number of nitrogens with one attached hydrogen (secondary N) is 1. The summed E-state index contributed by atoms with van der Waals surface area (Å²) in [7, 11) is 0. The highest BCUT2D eigenvalue weighted by Crippen LogP contribution is 2.27. The minimum Gasteiger partial charge on any atom is -0.411 e. The van der Waals surface area contributed by atoms with Crippen LogP contribution in [0.2, 0.25) is 0 Å². The van der Waals surface area contributed by atoms with Gasteiger partial charge in [-0.25, -0.2) is 0 Å². The number of hydrogen-bond acceptors (Lipinski definition) is 5. The van der Waals surface area contributed by atoms with Gasteiger partial charge in [0.05, 0.1) is 5.25 Å². The molecule has 1 N–H and O–H groups in total. The number of benzene rings is 2. The Morgan fingerprint density at radius 1 is 1.10 bits per heavy atom. The maximum Gasteiger partial charge on any atom is 0.277 e. The summed E-state index contributed by atoms with van der Waals surface area (Å²) in [5.41, 5.74) is 4.52. The van der Waals surface area contributed by atoms with Crippen molar-refractivity contribution in [3.63, 3.8) is 0 Å². The van der Waals surface area contributed by atoms with Crippen LogP contribution in [0.1, 0.15) is 42.9 Å². The molecule has 0 saturated heterocycles. The van der Waals surface area contributed by atoms with Gasteiger partial charge in [-0.3, -0.25) is 4.79 Å². The molecule has 3 aromatic rings. The zero-order chi connectivity index (χ0) is 20.8. The van der Waals surface area contributed by atoms with E-state index in [0.717, 1.165) is 12.0 Å². The molecule has 29 heavy (non-hydrogen) atoms. The Bertz CT molecular complexity index is 956. The van der Waals surface area contributed by atoms with Crippen LogP contribution in [0.5, 0.6) is 0 Å². The van der Waals surface area contributed by atoms with Crippen LogP contribution in [0.15, 0.2) is 58.2 Å². The molecule has 0 unspecified atom stereocenters. The summed E-state index contributed by atoms with van der Waals surface area (Å²) >= 11 is 1.28. The number of nitrogens with zero attached hydrogens (tertiary/aromatic N) is 2. The first-order valence-corrected chi connectivity index (χ1v) is 10.8. The summed E-state index contributed by atoms with van der Waals surface area (Å²) in [6, 6.07) is 16.3. The Hall–Kier alpha value is -2.60. The lowest BCUT2D eigenvalue weighted by Crippen LogP contribution is -2.34. The molecule has 0 fully saturated rings. The lowest BCUT2D eigenvalue weighted by Gasteiger charge is -2.17. The van der Waals surface area contributed by atoms with Crippen molar-refractivity contribution in [2.45, 2.75) is 50.5 Å². The third-order valence-electron chi connectivity index (χ3n) is 5.09. The number of aryl methyl sites for hydroxylation is 2. The molecular formula is C23H27N3O2S. The molecule has 6 heteroatoms. The van der Waals surface area contributed by atoms with Gasteiger partial charge in [-0.05, 0) is 56.0 Å². The number of thioether (sulfide) groups is 1. The lowest BCUT2D eigenvalue weighted by atomic mass is 9.96. The van der Waals surface area contributed by atoms with Gasteiger partial charge < -0.3 is 9.73 Å². The smallest absolute Gasteiger partial charge is 0.277 e. The second-order valence-electron chi connectivity index (χ2n) is 7.19. The van der Waals surface area contributed by atoms with Crippen LogP contribution in [-0.2, 0) is 4.79 Å². The average Bonchev–Trinajstić information content (AvgIpc) is 3.19. The van der Waals surface area contributed by atoms with Crippen molar-refractivity contribution < 1.29 is 9.21 Å². The Labute approximate surface area is 176 Å². The van der Waals surface area contributed by atoms with Crippen LogP contribution >= 0.6 is 11.8 Å². The second-order valence-corrected chi connectivity index (χ2v) is 8.49. The molecule has 1 aromatic heterocycles. The fourth-order valence-electron chi connectivity index (χ4n) is 3.04. The largest absolute Gasteiger partial charge is 0.411 e. The molecule has 152 valence electrons. The molecule has 1 heterocycles. The number of rotatable bonds is 8. The minimum atomic E-state index is -0.323. The number of amides is 1. The van der Waals surface area contributed by atoms with E-state index in [1.165, 1.54) is 28.5 Å². The average molecular weight is 410 g/mol. The first kappa shape index (κ1) is 21.1. The third-order valence-corrected chi connectivity index (χ3v) is 6.03. The zero-order valence-corrected chi connectivity index (χ0v) is 18.1. The maximum absolute atomic E-state index is 12.5. The zero-order valence-electron chi connectivity index (χ0n) is 17.3. The quantitative estimate of drug-likeness (QED) is 0.522. The van der Waals surface area contributed by atoms with Crippen molar-refractivity contribution in [2.75, 3.05) is 6.54 Å². The van der Waals surface area contributed by atoms with Gasteiger partial charge in [-0.15, -0.1) is 10.2 Å². The second kappa shape index (κ2) is 9.74. The van der Waals surface area contributed by atoms with Crippen molar-refractivity contribution in [1.82, 2.24) is 15.5 Å². The summed E-state index contributed by atoms with van der Waals surface area (Å²) in [6.45, 7) is 8.71. The SMILES string of the molecule is CC[C@H](CNC(=O)[C@@H](C)Sc1nnc(-c2ccc(C)c(C)c2)o1)c1ccccc1. The molecule has 0 radical (unpaired) electrons. The molecule has 0 aliphatic heterocycles. The van der Waals surface area contributed by atoms with E-state index >= 15 is 0 Å². The minimum absolute atomic E-state index is 0.0321. The van der Waals surface area contributed by atoms with Gasteiger partial charge in [0.15, 0.2) is 0 Å². The topological polar surface area (TPSA) is 68.0 Å². The molecule has 1 amide bonds. The molecule has 0 saturated carbocycles. The van der Waals surface area contributed by atoms with Crippen molar-refractivity contribution in [1.29, 1.82) is 0 Å². The molecule has 0 aliphatic carbocycles. The molecule has 5 nitrogen and oxygen atoms in total. The number of hydrogen-bond donors (Lipinski definition) is 1. The van der Waals surface area contributed by atoms with Crippen LogP contribution in [0.4, 0.5) is 0 Å². The van der Waals surface area contributed by atoms with Crippen molar-refractivity contribution in [3.05, 3.63) is 65.2 Å². The third kappa shape index (κ3) is 5.48. The van der Waals surface area contributed by atoms with E-state index in [1.54, 1.807) is 0 Å². The van der Waals surface area contributed by atoms with E-state index in [0.29, 0.717) is 23.6 Å². The summed E-state index contributed by atoms with van der Waals surface area (Å²) in [5, 5.41) is 11.4. The van der Waals surface area contributed by atoms with Crippen LogP contribution < -0.4 is 5.32 Å². The highest BCUT2D eigenvalue weighted by atomic mass is 32.2. The van der Waals surface area contributed by atoms with Crippen LogP contribution in [0.3, 0.4) is 0 Å². The first-order valence-electron chi connectivity index (χ1n) is 9.88. The predicted molar refractivity (Wildman–Crippen MR) is 117 cm³/mol. The van der Waals surface area contributed by atoms with E-state index in [1.807, 2.05) is 43.3 Å². The summed E-state index contributed by atoms with van der Waals surface area (Å²) in [6.07, 6.45) is 0.967. The predicted octanol–water partition coefficient (Wildman–Crippen LogP) is 5.14.